The fraction of sp³-hybridized carbons (Fsp3) is 0.292. The Hall–Kier alpha value is -3.21. The van der Waals surface area contributed by atoms with E-state index in [1.807, 2.05) is 37.3 Å². The first-order valence-corrected chi connectivity index (χ1v) is 10.2. The van der Waals surface area contributed by atoms with E-state index in [0.29, 0.717) is 19.0 Å². The van der Waals surface area contributed by atoms with Crippen LogP contribution in [0.5, 0.6) is 0 Å². The molecule has 0 radical (unpaired) electrons. The van der Waals surface area contributed by atoms with Crippen molar-refractivity contribution in [1.82, 2.24) is 14.5 Å². The Morgan fingerprint density at radius 2 is 1.86 bits per heavy atom. The van der Waals surface area contributed by atoms with Crippen molar-refractivity contribution in [3.05, 3.63) is 93.2 Å². The predicted molar refractivity (Wildman–Crippen MR) is 112 cm³/mol. The molecule has 3 heterocycles. The fourth-order valence-corrected chi connectivity index (χ4v) is 4.55. The number of hydrogen-bond donors (Lipinski definition) is 0. The number of aryl methyl sites for hydroxylation is 2. The van der Waals surface area contributed by atoms with E-state index in [-0.39, 0.29) is 17.0 Å². The quantitative estimate of drug-likeness (QED) is 0.695. The minimum Gasteiger partial charge on any atom is -0.337 e. The number of carbonyl (C=O) groups excluding carboxylic acids is 1. The van der Waals surface area contributed by atoms with Crippen LogP contribution in [0.4, 0.5) is 0 Å². The molecule has 0 saturated carbocycles. The first kappa shape index (κ1) is 17.9. The number of likely N-dealkylation sites (tertiary alicyclic amines) is 1. The molecule has 5 heteroatoms. The third-order valence-electron chi connectivity index (χ3n) is 6.24. The summed E-state index contributed by atoms with van der Waals surface area (Å²) in [6.07, 6.45) is 8.51. The molecule has 1 aliphatic heterocycles. The third-order valence-corrected chi connectivity index (χ3v) is 6.24. The lowest BCUT2D eigenvalue weighted by Gasteiger charge is -2.39. The molecule has 29 heavy (non-hydrogen) atoms. The molecule has 0 bridgehead atoms. The molecule has 1 aromatic carbocycles. The van der Waals surface area contributed by atoms with Gasteiger partial charge in [-0.2, -0.15) is 0 Å². The smallest absolute Gasteiger partial charge is 0.268 e. The molecule has 5 nitrogen and oxygen atoms in total. The molecule has 1 amide bonds. The van der Waals surface area contributed by atoms with Crippen molar-refractivity contribution in [2.45, 2.75) is 32.1 Å². The predicted octanol–water partition coefficient (Wildman–Crippen LogP) is 3.27. The van der Waals surface area contributed by atoms with E-state index in [2.05, 4.69) is 11.1 Å². The van der Waals surface area contributed by atoms with Crippen molar-refractivity contribution in [1.29, 1.82) is 0 Å². The van der Waals surface area contributed by atoms with Crippen molar-refractivity contribution in [3.63, 3.8) is 0 Å². The molecule has 2 aliphatic rings. The topological polar surface area (TPSA) is 55.2 Å². The number of hydrogen-bond acceptors (Lipinski definition) is 3. The Kier molecular flexibility index (Phi) is 4.31. The Labute approximate surface area is 169 Å². The van der Waals surface area contributed by atoms with Gasteiger partial charge in [-0.3, -0.25) is 19.1 Å². The van der Waals surface area contributed by atoms with Crippen LogP contribution in [0.25, 0.3) is 5.69 Å². The number of nitrogens with zero attached hydrogens (tertiary/aromatic N) is 3. The van der Waals surface area contributed by atoms with E-state index in [9.17, 15) is 9.59 Å². The Bertz CT molecular complexity index is 1140. The maximum atomic E-state index is 13.3. The summed E-state index contributed by atoms with van der Waals surface area (Å²) in [5, 5.41) is 0. The van der Waals surface area contributed by atoms with Crippen LogP contribution >= 0.6 is 0 Å². The summed E-state index contributed by atoms with van der Waals surface area (Å²) in [5.74, 6) is 0.144. The van der Waals surface area contributed by atoms with Crippen LogP contribution in [0.2, 0.25) is 0 Å². The molecule has 3 aromatic rings. The van der Waals surface area contributed by atoms with E-state index in [0.717, 1.165) is 30.5 Å². The van der Waals surface area contributed by atoms with Gasteiger partial charge in [-0.05, 0) is 72.7 Å². The van der Waals surface area contributed by atoms with Crippen LogP contribution in [0.15, 0.2) is 59.8 Å². The molecule has 0 spiro atoms. The summed E-state index contributed by atoms with van der Waals surface area (Å²) in [5.41, 5.74) is 5.45. The lowest BCUT2D eigenvalue weighted by molar-refractivity contribution is 0.0599. The summed E-state index contributed by atoms with van der Waals surface area (Å²) in [7, 11) is 0. The van der Waals surface area contributed by atoms with Crippen LogP contribution < -0.4 is 5.56 Å². The summed E-state index contributed by atoms with van der Waals surface area (Å²) in [4.78, 5) is 32.3. The molecule has 0 atom stereocenters. The standard InChI is InChI=1S/C24H23N3O2/c1-16-10-13-27(21-7-3-5-18-4-2-6-20(18)21)24(29)22(16)23(28)26-14-19(15-26)17-8-11-25-12-9-17/h3,5,7-13,19H,2,4,6,14-15H2,1H3. The Morgan fingerprint density at radius 1 is 1.07 bits per heavy atom. The van der Waals surface area contributed by atoms with Gasteiger partial charge in [0, 0.05) is 37.6 Å². The molecule has 0 N–H and O–H groups in total. The monoisotopic (exact) mass is 385 g/mol. The first-order valence-electron chi connectivity index (χ1n) is 10.2. The zero-order chi connectivity index (χ0) is 20.0. The molecular formula is C24H23N3O2. The number of pyridine rings is 2. The van der Waals surface area contributed by atoms with Crippen LogP contribution in [0, 0.1) is 6.92 Å². The highest BCUT2D eigenvalue weighted by atomic mass is 16.2. The number of fused-ring (bicyclic) bond motifs is 1. The van der Waals surface area contributed by atoms with Crippen molar-refractivity contribution in [3.8, 4) is 5.69 Å². The molecule has 2 aromatic heterocycles. The SMILES string of the molecule is Cc1ccn(-c2cccc3c2CCC3)c(=O)c1C(=O)N1CC(c2ccncc2)C1. The van der Waals surface area contributed by atoms with E-state index < -0.39 is 0 Å². The van der Waals surface area contributed by atoms with Gasteiger partial charge in [-0.15, -0.1) is 0 Å². The average molecular weight is 385 g/mol. The summed E-state index contributed by atoms with van der Waals surface area (Å²) >= 11 is 0. The van der Waals surface area contributed by atoms with Gasteiger partial charge < -0.3 is 4.90 Å². The molecule has 1 aliphatic carbocycles. The maximum absolute atomic E-state index is 13.3. The van der Waals surface area contributed by atoms with Crippen LogP contribution in [-0.2, 0) is 12.8 Å². The minimum atomic E-state index is -0.220. The summed E-state index contributed by atoms with van der Waals surface area (Å²) < 4.78 is 1.66. The summed E-state index contributed by atoms with van der Waals surface area (Å²) in [6.45, 7) is 3.11. The van der Waals surface area contributed by atoms with E-state index in [1.165, 1.54) is 16.7 Å². The number of rotatable bonds is 3. The van der Waals surface area contributed by atoms with Crippen LogP contribution in [0.3, 0.4) is 0 Å². The van der Waals surface area contributed by atoms with Crippen LogP contribution in [0.1, 0.15) is 45.0 Å². The van der Waals surface area contributed by atoms with E-state index >= 15 is 0 Å². The molecule has 0 unspecified atom stereocenters. The van der Waals surface area contributed by atoms with Gasteiger partial charge in [-0.1, -0.05) is 12.1 Å². The van der Waals surface area contributed by atoms with Crippen molar-refractivity contribution < 1.29 is 4.79 Å². The highest BCUT2D eigenvalue weighted by molar-refractivity contribution is 5.96. The van der Waals surface area contributed by atoms with Gasteiger partial charge in [0.25, 0.3) is 11.5 Å². The van der Waals surface area contributed by atoms with Crippen LogP contribution in [-0.4, -0.2) is 33.4 Å². The highest BCUT2D eigenvalue weighted by Crippen LogP contribution is 2.29. The first-order chi connectivity index (χ1) is 14.1. The minimum absolute atomic E-state index is 0.167. The zero-order valence-electron chi connectivity index (χ0n) is 16.5. The normalized spacial score (nSPS) is 15.8. The van der Waals surface area contributed by atoms with Crippen molar-refractivity contribution in [2.24, 2.45) is 0 Å². The number of amides is 1. The van der Waals surface area contributed by atoms with Crippen molar-refractivity contribution in [2.75, 3.05) is 13.1 Å². The van der Waals surface area contributed by atoms with Crippen molar-refractivity contribution >= 4 is 5.91 Å². The lowest BCUT2D eigenvalue weighted by Crippen LogP contribution is -2.50. The molecular weight excluding hydrogens is 362 g/mol. The fourth-order valence-electron chi connectivity index (χ4n) is 4.55. The van der Waals surface area contributed by atoms with Gasteiger partial charge in [0.15, 0.2) is 0 Å². The second kappa shape index (κ2) is 6.99. The number of benzene rings is 1. The largest absolute Gasteiger partial charge is 0.337 e. The average Bonchev–Trinajstić information content (AvgIpc) is 3.17. The molecule has 5 rings (SSSR count). The summed E-state index contributed by atoms with van der Waals surface area (Å²) in [6, 6.07) is 12.0. The van der Waals surface area contributed by atoms with E-state index in [4.69, 9.17) is 0 Å². The molecule has 146 valence electrons. The number of aromatic nitrogens is 2. The Balaban J connectivity index is 1.46. The third kappa shape index (κ3) is 2.97. The Morgan fingerprint density at radius 3 is 2.66 bits per heavy atom. The molecule has 1 fully saturated rings. The number of carbonyl (C=O) groups is 1. The molecule has 1 saturated heterocycles. The van der Waals surface area contributed by atoms with Gasteiger partial charge in [0.1, 0.15) is 5.56 Å². The second-order valence-corrected chi connectivity index (χ2v) is 8.00. The second-order valence-electron chi connectivity index (χ2n) is 8.00. The van der Waals surface area contributed by atoms with Gasteiger partial charge in [-0.25, -0.2) is 0 Å². The van der Waals surface area contributed by atoms with E-state index in [1.54, 1.807) is 28.1 Å². The highest BCUT2D eigenvalue weighted by Gasteiger charge is 2.34. The van der Waals surface area contributed by atoms with Gasteiger partial charge in [0.2, 0.25) is 0 Å². The zero-order valence-corrected chi connectivity index (χ0v) is 16.5. The van der Waals surface area contributed by atoms with Gasteiger partial charge >= 0.3 is 0 Å². The lowest BCUT2D eigenvalue weighted by atomic mass is 9.91. The van der Waals surface area contributed by atoms with Gasteiger partial charge in [0.05, 0.1) is 5.69 Å². The maximum Gasteiger partial charge on any atom is 0.268 e.